The van der Waals surface area contributed by atoms with Crippen molar-refractivity contribution in [3.63, 3.8) is 0 Å². The summed E-state index contributed by atoms with van der Waals surface area (Å²) >= 11 is 0. The Kier molecular flexibility index (Phi) is 47.1. The van der Waals surface area contributed by atoms with Crippen LogP contribution in [0.1, 0.15) is 71.1 Å². The molecular weight excluding hydrogens is 1030 g/mol. The molecule has 29 heteroatoms. The number of nitrogens with one attached hydrogen (secondary N) is 5. The predicted molar refractivity (Wildman–Crippen MR) is 270 cm³/mol. The normalized spacial score (nSPS) is 12.8. The molecule has 76 heavy (non-hydrogen) atoms. The van der Waals surface area contributed by atoms with E-state index in [-0.39, 0.29) is 144 Å². The highest BCUT2D eigenvalue weighted by Gasteiger charge is 2.30. The summed E-state index contributed by atoms with van der Waals surface area (Å²) in [5, 5.41) is 39.7. The molecule has 5 amide bonds. The molecular formula is C47H86N5O23P. The zero-order valence-electron chi connectivity index (χ0n) is 44.1. The second-order valence-electron chi connectivity index (χ2n) is 16.7. The van der Waals surface area contributed by atoms with Crippen LogP contribution in [0.25, 0.3) is 0 Å². The summed E-state index contributed by atoms with van der Waals surface area (Å²) in [6.07, 6.45) is 3.33. The van der Waals surface area contributed by atoms with E-state index in [9.17, 15) is 52.9 Å². The van der Waals surface area contributed by atoms with E-state index in [1.807, 2.05) is 0 Å². The van der Waals surface area contributed by atoms with Crippen molar-refractivity contribution < 1.29 is 111 Å². The van der Waals surface area contributed by atoms with Gasteiger partial charge < -0.3 is 94.2 Å². The Morgan fingerprint density at radius 2 is 0.882 bits per heavy atom. The smallest absolute Gasteiger partial charge is 0.329 e. The van der Waals surface area contributed by atoms with Crippen LogP contribution >= 0.6 is 7.37 Å². The summed E-state index contributed by atoms with van der Waals surface area (Å²) in [4.78, 5) is 105. The van der Waals surface area contributed by atoms with Crippen molar-refractivity contribution in [1.29, 1.82) is 0 Å². The lowest BCUT2D eigenvalue weighted by Crippen LogP contribution is -2.50. The summed E-state index contributed by atoms with van der Waals surface area (Å²) in [5.74, 6) is -7.40. The van der Waals surface area contributed by atoms with Crippen molar-refractivity contribution in [2.24, 2.45) is 5.92 Å². The van der Waals surface area contributed by atoms with Crippen molar-refractivity contribution in [3.05, 3.63) is 0 Å². The summed E-state index contributed by atoms with van der Waals surface area (Å²) < 4.78 is 65.9. The molecule has 0 rings (SSSR count). The lowest BCUT2D eigenvalue weighted by Gasteiger charge is -2.18. The van der Waals surface area contributed by atoms with Crippen molar-refractivity contribution in [2.75, 3.05) is 171 Å². The summed E-state index contributed by atoms with van der Waals surface area (Å²) in [7, 11) is -4.00. The summed E-state index contributed by atoms with van der Waals surface area (Å²) in [6.45, 7) is 5.74. The van der Waals surface area contributed by atoms with E-state index in [2.05, 4.69) is 33.5 Å². The highest BCUT2D eigenvalue weighted by Crippen LogP contribution is 2.44. The van der Waals surface area contributed by atoms with E-state index in [1.54, 1.807) is 0 Å². The number of rotatable bonds is 56. The minimum absolute atomic E-state index is 0.0439. The van der Waals surface area contributed by atoms with Crippen LogP contribution in [0.5, 0.6) is 0 Å². The average molecular weight is 1120 g/mol. The largest absolute Gasteiger partial charge is 0.481 e. The first-order chi connectivity index (χ1) is 36.6. The quantitative estimate of drug-likeness (QED) is 0.0265. The van der Waals surface area contributed by atoms with E-state index < -0.39 is 99.2 Å². The molecule has 0 radical (unpaired) electrons. The Morgan fingerprint density at radius 1 is 0.447 bits per heavy atom. The third-order valence-electron chi connectivity index (χ3n) is 10.1. The molecule has 0 aliphatic carbocycles. The van der Waals surface area contributed by atoms with Gasteiger partial charge in [0.05, 0.1) is 131 Å². The van der Waals surface area contributed by atoms with Gasteiger partial charge in [0.2, 0.25) is 36.9 Å². The van der Waals surface area contributed by atoms with Crippen molar-refractivity contribution in [2.45, 2.75) is 77.2 Å². The van der Waals surface area contributed by atoms with E-state index in [4.69, 9.17) is 57.6 Å². The first-order valence-corrected chi connectivity index (χ1v) is 27.7. The fourth-order valence-corrected chi connectivity index (χ4v) is 7.93. The molecule has 0 aromatic rings. The SMILES string of the molecule is CCCCCCCNC(=O)CCOCCOCCOCCNC(=O)C(CC(=O)NCCOCCOCCOCCNC(=O)CCP(=O)(O)CC(CCC(=O)O)C(=O)O)NC(=O)COCCOCCOCCOCC(=O)O. The number of carbonyl (C=O) groups excluding carboxylic acids is 5. The number of hydrogen-bond donors (Lipinski definition) is 9. The van der Waals surface area contributed by atoms with Crippen molar-refractivity contribution in [3.8, 4) is 0 Å². The number of carboxylic acids is 3. The van der Waals surface area contributed by atoms with E-state index in [0.29, 0.717) is 26.4 Å². The number of amides is 5. The van der Waals surface area contributed by atoms with E-state index in [1.165, 1.54) is 19.3 Å². The van der Waals surface area contributed by atoms with Crippen molar-refractivity contribution >= 4 is 54.8 Å². The molecule has 3 unspecified atom stereocenters. The van der Waals surface area contributed by atoms with Crippen molar-refractivity contribution in [1.82, 2.24) is 26.6 Å². The van der Waals surface area contributed by atoms with Gasteiger partial charge in [-0.3, -0.25) is 38.1 Å². The van der Waals surface area contributed by atoms with Gasteiger partial charge in [-0.1, -0.05) is 32.6 Å². The molecule has 28 nitrogen and oxygen atoms in total. The third kappa shape index (κ3) is 49.1. The first-order valence-electron chi connectivity index (χ1n) is 25.7. The van der Waals surface area contributed by atoms with Crippen LogP contribution in [-0.2, 0) is 90.3 Å². The van der Waals surface area contributed by atoms with E-state index in [0.717, 1.165) is 12.8 Å². The van der Waals surface area contributed by atoms with E-state index >= 15 is 0 Å². The summed E-state index contributed by atoms with van der Waals surface area (Å²) in [5.41, 5.74) is 0. The number of carboxylic acid groups (broad SMARTS) is 3. The maximum absolute atomic E-state index is 13.1. The monoisotopic (exact) mass is 1120 g/mol. The highest BCUT2D eigenvalue weighted by atomic mass is 31.2. The minimum atomic E-state index is -4.00. The molecule has 3 atom stereocenters. The maximum atomic E-state index is 13.1. The predicted octanol–water partition coefficient (Wildman–Crippen LogP) is -0.837. The Morgan fingerprint density at radius 3 is 1.38 bits per heavy atom. The number of ether oxygens (including phenoxy) is 10. The number of hydrogen-bond acceptors (Lipinski definition) is 19. The molecule has 9 N–H and O–H groups in total. The van der Waals surface area contributed by atoms with Gasteiger partial charge in [-0.05, 0) is 12.8 Å². The number of unbranched alkanes of at least 4 members (excludes halogenated alkanes) is 4. The van der Waals surface area contributed by atoms with Gasteiger partial charge in [-0.25, -0.2) is 4.79 Å². The zero-order chi connectivity index (χ0) is 56.3. The minimum Gasteiger partial charge on any atom is -0.481 e. The Hall–Kier alpha value is -4.45. The van der Waals surface area contributed by atoms with Gasteiger partial charge in [0.25, 0.3) is 0 Å². The second-order valence-corrected chi connectivity index (χ2v) is 19.2. The molecule has 0 aromatic carbocycles. The second kappa shape index (κ2) is 50.1. The van der Waals surface area contributed by atoms with Crippen LogP contribution < -0.4 is 26.6 Å². The Bertz CT molecular complexity index is 1630. The fourth-order valence-electron chi connectivity index (χ4n) is 6.16. The molecule has 0 aromatic heterocycles. The third-order valence-corrected chi connectivity index (χ3v) is 12.0. The van der Waals surface area contributed by atoms with Crippen LogP contribution in [0.4, 0.5) is 0 Å². The fraction of sp³-hybridized carbons (Fsp3) is 0.830. The lowest BCUT2D eigenvalue weighted by molar-refractivity contribution is -0.143. The zero-order valence-corrected chi connectivity index (χ0v) is 45.0. The molecule has 0 spiro atoms. The highest BCUT2D eigenvalue weighted by molar-refractivity contribution is 7.58. The molecule has 0 bridgehead atoms. The van der Waals surface area contributed by atoms with Crippen LogP contribution in [0, 0.1) is 5.92 Å². The topological polar surface area (TPSA) is 387 Å². The van der Waals surface area contributed by atoms with Gasteiger partial charge >= 0.3 is 17.9 Å². The summed E-state index contributed by atoms with van der Waals surface area (Å²) in [6, 6.07) is -1.25. The molecule has 0 saturated heterocycles. The molecule has 0 heterocycles. The van der Waals surface area contributed by atoms with Gasteiger partial charge in [0, 0.05) is 57.8 Å². The molecule has 0 saturated carbocycles. The molecule has 0 aliphatic rings. The molecule has 0 aliphatic heterocycles. The lowest BCUT2D eigenvalue weighted by atomic mass is 10.1. The number of aliphatic carboxylic acids is 3. The van der Waals surface area contributed by atoms with Gasteiger partial charge in [-0.15, -0.1) is 0 Å². The van der Waals surface area contributed by atoms with Crippen LogP contribution in [0.15, 0.2) is 0 Å². The van der Waals surface area contributed by atoms with Crippen LogP contribution in [-0.4, -0.2) is 244 Å². The van der Waals surface area contributed by atoms with Gasteiger partial charge in [0.1, 0.15) is 19.3 Å². The van der Waals surface area contributed by atoms with Gasteiger partial charge in [-0.2, -0.15) is 0 Å². The molecule has 0 fully saturated rings. The molecule has 442 valence electrons. The van der Waals surface area contributed by atoms with Gasteiger partial charge in [0.15, 0.2) is 0 Å². The maximum Gasteiger partial charge on any atom is 0.329 e. The number of carbonyl (C=O) groups is 8. The Balaban J connectivity index is 4.45. The standard InChI is InChI=1S/C47H86N5O23P/c1-2-3-4-5-6-11-48-40(53)9-15-66-19-23-70-26-22-69-18-14-51-46(61)39(52-43(56)35-74-31-29-72-27-28-73-30-32-75-36-45(59)60)34-42(55)50-13-17-68-21-25-71-24-20-67-16-12-49-41(54)10-33-76(64,65)37-38(47(62)63)7-8-44(57)58/h38-39H,2-37H2,1H3,(H,48,53)(H,49,54)(H,50,55)(H,51,61)(H,52,56)(H,57,58)(H,59,60)(H,62,63)(H,64,65). The van der Waals surface area contributed by atoms with Crippen LogP contribution in [0.2, 0.25) is 0 Å². The van der Waals surface area contributed by atoms with Crippen LogP contribution in [0.3, 0.4) is 0 Å². The Labute approximate surface area is 444 Å². The average Bonchev–Trinajstić information content (AvgIpc) is 3.37. The first kappa shape index (κ1) is 71.5.